The smallest absolute Gasteiger partial charge is 0.310 e. The number of phenols is 1. The lowest BCUT2D eigenvalue weighted by molar-refractivity contribution is -0.385. The summed E-state index contributed by atoms with van der Waals surface area (Å²) in [6.45, 7) is 0. The summed E-state index contributed by atoms with van der Waals surface area (Å²) < 4.78 is 0. The Labute approximate surface area is 119 Å². The molecule has 0 fully saturated rings. The Kier molecular flexibility index (Phi) is 3.07. The third-order valence-corrected chi connectivity index (χ3v) is 3.02. The molecule has 0 atom stereocenters. The standard InChI is InChI=1S/C14H10N4O3/c19-14-6-9(3-4-13(14)18(20)21)11-7-12(17-16-11)10-2-1-5-15-8-10/h1-8,19H,(H,16,17). The van der Waals surface area contributed by atoms with Crippen molar-refractivity contribution in [2.45, 2.75) is 0 Å². The van der Waals surface area contributed by atoms with Gasteiger partial charge in [0.2, 0.25) is 0 Å². The highest BCUT2D eigenvalue weighted by Crippen LogP contribution is 2.31. The SMILES string of the molecule is O=[N+]([O-])c1ccc(-c2cc(-c3cccnc3)n[nH]2)cc1O. The molecule has 0 spiro atoms. The Bertz CT molecular complexity index is 799. The van der Waals surface area contributed by atoms with Crippen LogP contribution in [-0.2, 0) is 0 Å². The summed E-state index contributed by atoms with van der Waals surface area (Å²) in [7, 11) is 0. The maximum atomic E-state index is 10.7. The van der Waals surface area contributed by atoms with Crippen LogP contribution in [0.3, 0.4) is 0 Å². The van der Waals surface area contributed by atoms with E-state index in [1.54, 1.807) is 30.6 Å². The lowest BCUT2D eigenvalue weighted by Gasteiger charge is -1.99. The van der Waals surface area contributed by atoms with Gasteiger partial charge in [0.05, 0.1) is 16.3 Å². The molecule has 21 heavy (non-hydrogen) atoms. The number of aromatic nitrogens is 3. The zero-order valence-electron chi connectivity index (χ0n) is 10.7. The van der Waals surface area contributed by atoms with Crippen molar-refractivity contribution >= 4 is 5.69 Å². The van der Waals surface area contributed by atoms with Gasteiger partial charge in [-0.05, 0) is 30.3 Å². The summed E-state index contributed by atoms with van der Waals surface area (Å²) in [6, 6.07) is 9.62. The quantitative estimate of drug-likeness (QED) is 0.567. The first kappa shape index (κ1) is 12.8. The Morgan fingerprint density at radius 2 is 2.05 bits per heavy atom. The molecule has 0 saturated carbocycles. The van der Waals surface area contributed by atoms with Gasteiger partial charge < -0.3 is 5.11 Å². The highest BCUT2D eigenvalue weighted by atomic mass is 16.6. The molecular weight excluding hydrogens is 272 g/mol. The third-order valence-electron chi connectivity index (χ3n) is 3.02. The molecule has 2 heterocycles. The van der Waals surface area contributed by atoms with E-state index in [1.807, 2.05) is 6.07 Å². The molecule has 7 nitrogen and oxygen atoms in total. The van der Waals surface area contributed by atoms with Crippen molar-refractivity contribution < 1.29 is 10.0 Å². The Hall–Kier alpha value is -3.22. The number of hydrogen-bond donors (Lipinski definition) is 2. The van der Waals surface area contributed by atoms with E-state index < -0.39 is 4.92 Å². The zero-order chi connectivity index (χ0) is 14.8. The molecule has 0 radical (unpaired) electrons. The minimum Gasteiger partial charge on any atom is -0.502 e. The van der Waals surface area contributed by atoms with Gasteiger partial charge in [-0.15, -0.1) is 0 Å². The van der Waals surface area contributed by atoms with Crippen LogP contribution in [0.5, 0.6) is 5.75 Å². The molecule has 0 aliphatic carbocycles. The van der Waals surface area contributed by atoms with Crippen LogP contribution in [0.4, 0.5) is 5.69 Å². The van der Waals surface area contributed by atoms with Crippen LogP contribution in [0.1, 0.15) is 0 Å². The number of pyridine rings is 1. The number of aromatic hydroxyl groups is 1. The molecule has 0 bridgehead atoms. The molecule has 1 aromatic carbocycles. The van der Waals surface area contributed by atoms with Crippen LogP contribution >= 0.6 is 0 Å². The second-order valence-electron chi connectivity index (χ2n) is 4.37. The van der Waals surface area contributed by atoms with Gasteiger partial charge in [0.1, 0.15) is 0 Å². The van der Waals surface area contributed by atoms with Crippen molar-refractivity contribution in [3.8, 4) is 28.3 Å². The molecule has 2 N–H and O–H groups in total. The van der Waals surface area contributed by atoms with Crippen molar-refractivity contribution in [1.82, 2.24) is 15.2 Å². The van der Waals surface area contributed by atoms with E-state index in [1.165, 1.54) is 12.1 Å². The maximum absolute atomic E-state index is 10.7. The number of nitrogens with zero attached hydrogens (tertiary/aromatic N) is 3. The molecule has 3 aromatic rings. The van der Waals surface area contributed by atoms with Crippen LogP contribution in [0.15, 0.2) is 48.8 Å². The van der Waals surface area contributed by atoms with Crippen molar-refractivity contribution in [2.75, 3.05) is 0 Å². The minimum atomic E-state index is -0.632. The van der Waals surface area contributed by atoms with Gasteiger partial charge in [0, 0.05) is 29.6 Å². The number of benzene rings is 1. The van der Waals surface area contributed by atoms with Gasteiger partial charge in [0.25, 0.3) is 0 Å². The molecule has 0 amide bonds. The van der Waals surface area contributed by atoms with Gasteiger partial charge in [-0.2, -0.15) is 5.10 Å². The fourth-order valence-electron chi connectivity index (χ4n) is 1.98. The summed E-state index contributed by atoms with van der Waals surface area (Å²) in [5.41, 5.74) is 2.49. The first-order chi connectivity index (χ1) is 10.1. The highest BCUT2D eigenvalue weighted by Gasteiger charge is 2.14. The summed E-state index contributed by atoms with van der Waals surface area (Å²) >= 11 is 0. The van der Waals surface area contributed by atoms with Gasteiger partial charge in [0.15, 0.2) is 5.75 Å². The third kappa shape index (κ3) is 2.44. The van der Waals surface area contributed by atoms with Crippen LogP contribution in [0, 0.1) is 10.1 Å². The monoisotopic (exact) mass is 282 g/mol. The predicted molar refractivity (Wildman–Crippen MR) is 75.6 cm³/mol. The topological polar surface area (TPSA) is 105 Å². The molecule has 7 heteroatoms. The Morgan fingerprint density at radius 1 is 1.19 bits per heavy atom. The summed E-state index contributed by atoms with van der Waals surface area (Å²) in [5, 5.41) is 27.3. The van der Waals surface area contributed by atoms with Crippen LogP contribution in [-0.4, -0.2) is 25.2 Å². The average molecular weight is 282 g/mol. The minimum absolute atomic E-state index is 0.328. The van der Waals surface area contributed by atoms with Gasteiger partial charge in [-0.25, -0.2) is 0 Å². The van der Waals surface area contributed by atoms with E-state index in [-0.39, 0.29) is 11.4 Å². The molecule has 0 unspecified atom stereocenters. The fourth-order valence-corrected chi connectivity index (χ4v) is 1.98. The normalized spacial score (nSPS) is 10.5. The molecule has 3 rings (SSSR count). The van der Waals surface area contributed by atoms with Crippen molar-refractivity contribution in [2.24, 2.45) is 0 Å². The molecule has 104 valence electrons. The van der Waals surface area contributed by atoms with E-state index in [2.05, 4.69) is 15.2 Å². The van der Waals surface area contributed by atoms with Crippen LogP contribution in [0.2, 0.25) is 0 Å². The fraction of sp³-hybridized carbons (Fsp3) is 0. The number of H-pyrrole nitrogens is 1. The zero-order valence-corrected chi connectivity index (χ0v) is 10.7. The number of hydrogen-bond acceptors (Lipinski definition) is 5. The molecule has 0 saturated heterocycles. The van der Waals surface area contributed by atoms with Crippen molar-refractivity contribution in [3.05, 3.63) is 58.9 Å². The van der Waals surface area contributed by atoms with Crippen molar-refractivity contribution in [1.29, 1.82) is 0 Å². The van der Waals surface area contributed by atoms with Gasteiger partial charge >= 0.3 is 5.69 Å². The lowest BCUT2D eigenvalue weighted by Crippen LogP contribution is -1.88. The Morgan fingerprint density at radius 3 is 2.71 bits per heavy atom. The second-order valence-corrected chi connectivity index (χ2v) is 4.37. The molecular formula is C14H10N4O3. The van der Waals surface area contributed by atoms with E-state index in [0.29, 0.717) is 17.0 Å². The average Bonchev–Trinajstić information content (AvgIpc) is 2.97. The lowest BCUT2D eigenvalue weighted by atomic mass is 10.1. The second kappa shape index (κ2) is 5.04. The van der Waals surface area contributed by atoms with Crippen LogP contribution < -0.4 is 0 Å². The predicted octanol–water partition coefficient (Wildman–Crippen LogP) is 2.75. The van der Waals surface area contributed by atoms with Crippen molar-refractivity contribution in [3.63, 3.8) is 0 Å². The number of nitro benzene ring substituents is 1. The largest absolute Gasteiger partial charge is 0.502 e. The number of rotatable bonds is 3. The summed E-state index contributed by atoms with van der Waals surface area (Å²) in [5.74, 6) is -0.380. The molecule has 0 aliphatic heterocycles. The summed E-state index contributed by atoms with van der Waals surface area (Å²) in [4.78, 5) is 14.1. The van der Waals surface area contributed by atoms with Gasteiger partial charge in [-0.1, -0.05) is 0 Å². The number of nitrogens with one attached hydrogen (secondary N) is 1. The molecule has 2 aromatic heterocycles. The van der Waals surface area contributed by atoms with E-state index in [4.69, 9.17) is 0 Å². The van der Waals surface area contributed by atoms with Crippen LogP contribution in [0.25, 0.3) is 22.5 Å². The first-order valence-corrected chi connectivity index (χ1v) is 6.09. The number of phenolic OH excluding ortho intramolecular Hbond substituents is 1. The molecule has 0 aliphatic rings. The van der Waals surface area contributed by atoms with E-state index in [9.17, 15) is 15.2 Å². The van der Waals surface area contributed by atoms with E-state index >= 15 is 0 Å². The number of nitro groups is 1. The summed E-state index contributed by atoms with van der Waals surface area (Å²) in [6.07, 6.45) is 3.36. The van der Waals surface area contributed by atoms with E-state index in [0.717, 1.165) is 5.56 Å². The highest BCUT2D eigenvalue weighted by molar-refractivity contribution is 5.70. The number of aromatic amines is 1. The first-order valence-electron chi connectivity index (χ1n) is 6.09. The Balaban J connectivity index is 1.97. The maximum Gasteiger partial charge on any atom is 0.310 e. The van der Waals surface area contributed by atoms with Gasteiger partial charge in [-0.3, -0.25) is 20.2 Å².